The molecule has 2 aromatic carbocycles. The highest BCUT2D eigenvalue weighted by Crippen LogP contribution is 2.40. The highest BCUT2D eigenvalue weighted by atomic mass is 19.1. The summed E-state index contributed by atoms with van der Waals surface area (Å²) in [5.41, 5.74) is 2.10. The van der Waals surface area contributed by atoms with Crippen LogP contribution in [0.4, 0.5) is 10.1 Å². The Hall–Kier alpha value is -2.36. The van der Waals surface area contributed by atoms with Crippen LogP contribution in [0.15, 0.2) is 42.5 Å². The van der Waals surface area contributed by atoms with Gasteiger partial charge in [0.1, 0.15) is 11.6 Å². The van der Waals surface area contributed by atoms with Crippen LogP contribution < -0.4 is 10.1 Å². The van der Waals surface area contributed by atoms with Gasteiger partial charge < -0.3 is 10.1 Å². The molecule has 3 nitrogen and oxygen atoms in total. The van der Waals surface area contributed by atoms with Crippen molar-refractivity contribution in [2.75, 3.05) is 11.9 Å². The zero-order chi connectivity index (χ0) is 20.0. The molecule has 0 bridgehead atoms. The third-order valence-corrected chi connectivity index (χ3v) is 5.73. The number of rotatable bonds is 7. The summed E-state index contributed by atoms with van der Waals surface area (Å²) in [5.74, 6) is 0.583. The molecule has 0 aromatic heterocycles. The molecular formula is C24H30FNO2. The van der Waals surface area contributed by atoms with Gasteiger partial charge in [-0.15, -0.1) is 0 Å². The lowest BCUT2D eigenvalue weighted by atomic mass is 9.68. The fourth-order valence-corrected chi connectivity index (χ4v) is 4.04. The monoisotopic (exact) mass is 383 g/mol. The average Bonchev–Trinajstić information content (AvgIpc) is 2.71. The van der Waals surface area contributed by atoms with E-state index in [0.29, 0.717) is 6.61 Å². The highest BCUT2D eigenvalue weighted by molar-refractivity contribution is 5.99. The number of halogens is 1. The number of ether oxygens (including phenoxy) is 1. The standard InChI is InChI=1S/C24H30FNO2/c1-3-4-16-28-22-13-12-21(17-18(22)2)26-23(27)24(14-6-5-7-15-24)19-8-10-20(25)11-9-19/h8-13,17H,3-7,14-16H2,1-2H3,(H,26,27). The molecule has 0 heterocycles. The van der Waals surface area contributed by atoms with E-state index in [9.17, 15) is 9.18 Å². The van der Waals surface area contributed by atoms with Crippen LogP contribution in [0.5, 0.6) is 5.75 Å². The number of aryl methyl sites for hydroxylation is 1. The number of unbranched alkanes of at least 4 members (excludes halogenated alkanes) is 1. The van der Waals surface area contributed by atoms with Gasteiger partial charge >= 0.3 is 0 Å². The highest BCUT2D eigenvalue weighted by Gasteiger charge is 2.41. The third kappa shape index (κ3) is 4.54. The normalized spacial score (nSPS) is 15.8. The second kappa shape index (κ2) is 9.22. The minimum absolute atomic E-state index is 0.00198. The fourth-order valence-electron chi connectivity index (χ4n) is 4.04. The minimum Gasteiger partial charge on any atom is -0.493 e. The van der Waals surface area contributed by atoms with Crippen molar-refractivity contribution in [3.63, 3.8) is 0 Å². The van der Waals surface area contributed by atoms with E-state index in [1.807, 2.05) is 25.1 Å². The van der Waals surface area contributed by atoms with E-state index in [0.717, 1.165) is 67.5 Å². The molecule has 150 valence electrons. The minimum atomic E-state index is -0.587. The van der Waals surface area contributed by atoms with Crippen molar-refractivity contribution < 1.29 is 13.9 Å². The van der Waals surface area contributed by atoms with Crippen LogP contribution >= 0.6 is 0 Å². The quantitative estimate of drug-likeness (QED) is 0.582. The number of hydrogen-bond acceptors (Lipinski definition) is 2. The van der Waals surface area contributed by atoms with Crippen LogP contribution in [0, 0.1) is 12.7 Å². The first-order valence-electron chi connectivity index (χ1n) is 10.4. The van der Waals surface area contributed by atoms with Gasteiger partial charge in [-0.3, -0.25) is 4.79 Å². The van der Waals surface area contributed by atoms with Crippen molar-refractivity contribution in [2.45, 2.75) is 64.2 Å². The third-order valence-electron chi connectivity index (χ3n) is 5.73. The van der Waals surface area contributed by atoms with Gasteiger partial charge in [0.05, 0.1) is 12.0 Å². The summed E-state index contributed by atoms with van der Waals surface area (Å²) in [4.78, 5) is 13.3. The lowest BCUT2D eigenvalue weighted by Crippen LogP contribution is -2.42. The first-order valence-corrected chi connectivity index (χ1v) is 10.4. The second-order valence-electron chi connectivity index (χ2n) is 7.79. The smallest absolute Gasteiger partial charge is 0.235 e. The summed E-state index contributed by atoms with van der Waals surface area (Å²) in [7, 11) is 0. The summed E-state index contributed by atoms with van der Waals surface area (Å²) in [6.45, 7) is 4.83. The van der Waals surface area contributed by atoms with E-state index in [2.05, 4.69) is 12.2 Å². The van der Waals surface area contributed by atoms with Gasteiger partial charge in [-0.2, -0.15) is 0 Å². The number of hydrogen-bond donors (Lipinski definition) is 1. The van der Waals surface area contributed by atoms with Crippen LogP contribution in [0.3, 0.4) is 0 Å². The number of nitrogens with one attached hydrogen (secondary N) is 1. The van der Waals surface area contributed by atoms with E-state index < -0.39 is 5.41 Å². The Labute approximate surface area is 167 Å². The maximum absolute atomic E-state index is 13.4. The van der Waals surface area contributed by atoms with Crippen LogP contribution in [-0.4, -0.2) is 12.5 Å². The van der Waals surface area contributed by atoms with Crippen molar-refractivity contribution in [2.24, 2.45) is 0 Å². The van der Waals surface area contributed by atoms with Crippen molar-refractivity contribution in [3.8, 4) is 5.75 Å². The van der Waals surface area contributed by atoms with Crippen LogP contribution in [0.1, 0.15) is 63.0 Å². The van der Waals surface area contributed by atoms with Gasteiger partial charge in [-0.25, -0.2) is 4.39 Å². The van der Waals surface area contributed by atoms with Gasteiger partial charge in [0.25, 0.3) is 0 Å². The van der Waals surface area contributed by atoms with Gasteiger partial charge in [-0.05, 0) is 67.6 Å². The number of amides is 1. The maximum atomic E-state index is 13.4. The summed E-state index contributed by atoms with van der Waals surface area (Å²) >= 11 is 0. The molecule has 3 rings (SSSR count). The van der Waals surface area contributed by atoms with E-state index in [4.69, 9.17) is 4.74 Å². The van der Waals surface area contributed by atoms with Crippen LogP contribution in [0.2, 0.25) is 0 Å². The number of benzene rings is 2. The first-order chi connectivity index (χ1) is 13.5. The Morgan fingerprint density at radius 2 is 1.82 bits per heavy atom. The van der Waals surface area contributed by atoms with Gasteiger partial charge in [0.2, 0.25) is 5.91 Å². The van der Waals surface area contributed by atoms with E-state index in [1.165, 1.54) is 12.1 Å². The molecule has 1 aliphatic carbocycles. The molecule has 0 spiro atoms. The molecule has 0 aliphatic heterocycles. The molecule has 2 aromatic rings. The largest absolute Gasteiger partial charge is 0.493 e. The van der Waals surface area contributed by atoms with Gasteiger partial charge in [-0.1, -0.05) is 44.7 Å². The zero-order valence-corrected chi connectivity index (χ0v) is 16.9. The Bertz CT molecular complexity index is 795. The summed E-state index contributed by atoms with van der Waals surface area (Å²) in [5, 5.41) is 3.11. The molecule has 0 atom stereocenters. The Balaban J connectivity index is 1.79. The Kier molecular flexibility index (Phi) is 6.71. The lowest BCUT2D eigenvalue weighted by molar-refractivity contribution is -0.122. The number of carbonyl (C=O) groups is 1. The molecule has 4 heteroatoms. The maximum Gasteiger partial charge on any atom is 0.235 e. The Morgan fingerprint density at radius 1 is 1.11 bits per heavy atom. The second-order valence-corrected chi connectivity index (χ2v) is 7.79. The molecule has 0 unspecified atom stereocenters. The number of anilines is 1. The predicted octanol–water partition coefficient (Wildman–Crippen LogP) is 6.15. The van der Waals surface area contributed by atoms with Gasteiger partial charge in [0.15, 0.2) is 0 Å². The van der Waals surface area contributed by atoms with Crippen molar-refractivity contribution in [1.29, 1.82) is 0 Å². The number of carbonyl (C=O) groups excluding carboxylic acids is 1. The molecule has 1 N–H and O–H groups in total. The van der Waals surface area contributed by atoms with E-state index >= 15 is 0 Å². The summed E-state index contributed by atoms with van der Waals surface area (Å²) < 4.78 is 19.2. The fraction of sp³-hybridized carbons (Fsp3) is 0.458. The molecule has 0 saturated heterocycles. The van der Waals surface area contributed by atoms with Crippen LogP contribution in [0.25, 0.3) is 0 Å². The van der Waals surface area contributed by atoms with Crippen molar-refractivity contribution in [3.05, 3.63) is 59.4 Å². The lowest BCUT2D eigenvalue weighted by Gasteiger charge is -2.36. The molecule has 0 radical (unpaired) electrons. The molecule has 1 fully saturated rings. The predicted molar refractivity (Wildman–Crippen MR) is 111 cm³/mol. The molecular weight excluding hydrogens is 353 g/mol. The molecule has 1 amide bonds. The Morgan fingerprint density at radius 3 is 2.46 bits per heavy atom. The SMILES string of the molecule is CCCCOc1ccc(NC(=O)C2(c3ccc(F)cc3)CCCCC2)cc1C. The van der Waals surface area contributed by atoms with Crippen LogP contribution in [-0.2, 0) is 10.2 Å². The van der Waals surface area contributed by atoms with E-state index in [-0.39, 0.29) is 11.7 Å². The molecule has 1 aliphatic rings. The summed E-state index contributed by atoms with van der Waals surface area (Å²) in [6, 6.07) is 12.2. The first kappa shape index (κ1) is 20.4. The topological polar surface area (TPSA) is 38.3 Å². The molecule has 28 heavy (non-hydrogen) atoms. The van der Waals surface area contributed by atoms with E-state index in [1.54, 1.807) is 12.1 Å². The van der Waals surface area contributed by atoms with Gasteiger partial charge in [0, 0.05) is 5.69 Å². The van der Waals surface area contributed by atoms with Crippen molar-refractivity contribution >= 4 is 11.6 Å². The summed E-state index contributed by atoms with van der Waals surface area (Å²) in [6.07, 6.45) is 6.86. The van der Waals surface area contributed by atoms with Crippen molar-refractivity contribution in [1.82, 2.24) is 0 Å². The average molecular weight is 384 g/mol. The zero-order valence-electron chi connectivity index (χ0n) is 16.9. The molecule has 1 saturated carbocycles.